The first kappa shape index (κ1) is 24.9. The van der Waals surface area contributed by atoms with Gasteiger partial charge in [0.2, 0.25) is 0 Å². The van der Waals surface area contributed by atoms with Crippen LogP contribution in [0.2, 0.25) is 0 Å². The number of ether oxygens (including phenoxy) is 4. The van der Waals surface area contributed by atoms with E-state index in [9.17, 15) is 13.6 Å². The van der Waals surface area contributed by atoms with Gasteiger partial charge in [0.15, 0.2) is 0 Å². The zero-order valence-corrected chi connectivity index (χ0v) is 20.1. The molecule has 0 aliphatic heterocycles. The van der Waals surface area contributed by atoms with Crippen LogP contribution in [0.1, 0.15) is 41.4 Å². The predicted molar refractivity (Wildman–Crippen MR) is 131 cm³/mol. The molecule has 0 spiro atoms. The lowest BCUT2D eigenvalue weighted by Gasteiger charge is -2.15. The number of fused-ring (bicyclic) bond motifs is 1. The molecule has 0 bridgehead atoms. The molecule has 4 rings (SSSR count). The average molecular weight is 494 g/mol. The van der Waals surface area contributed by atoms with E-state index in [4.69, 9.17) is 18.9 Å². The number of rotatable bonds is 8. The van der Waals surface area contributed by atoms with E-state index in [1.54, 1.807) is 50.8 Å². The van der Waals surface area contributed by atoms with Gasteiger partial charge in [-0.05, 0) is 48.4 Å². The maximum absolute atomic E-state index is 14.4. The fourth-order valence-corrected chi connectivity index (χ4v) is 3.73. The number of esters is 1. The summed E-state index contributed by atoms with van der Waals surface area (Å²) in [7, 11) is 3.14. The zero-order chi connectivity index (χ0) is 25.7. The van der Waals surface area contributed by atoms with Crippen LogP contribution < -0.4 is 4.74 Å². The van der Waals surface area contributed by atoms with Gasteiger partial charge in [-0.1, -0.05) is 13.0 Å². The highest BCUT2D eigenvalue weighted by atomic mass is 19.1. The number of nitrogens with zero attached hydrogens (tertiary/aromatic N) is 1. The summed E-state index contributed by atoms with van der Waals surface area (Å²) in [5, 5.41) is 0. The summed E-state index contributed by atoms with van der Waals surface area (Å²) in [6, 6.07) is 9.57. The third-order valence-corrected chi connectivity index (χ3v) is 5.56. The standard InChI is InChI=1S/C28H25F2NO5/c1-4-11-35-28(32)23-12-17(21-7-6-18(29)13-24(21)30)5-8-26(23)36-27-9-10-31-25-16-20(34-3)14-19(33-2)15-22(25)27/h5-10,12-13,15-16H,4,11,14H2,1-3H3. The van der Waals surface area contributed by atoms with E-state index in [2.05, 4.69) is 4.98 Å². The zero-order valence-electron chi connectivity index (χ0n) is 20.1. The number of halogens is 2. The van der Waals surface area contributed by atoms with Crippen molar-refractivity contribution >= 4 is 18.1 Å². The molecule has 186 valence electrons. The van der Waals surface area contributed by atoms with Crippen LogP contribution in [0.4, 0.5) is 8.78 Å². The number of benzene rings is 2. The van der Waals surface area contributed by atoms with Crippen molar-refractivity contribution in [2.75, 3.05) is 20.8 Å². The van der Waals surface area contributed by atoms with Gasteiger partial charge in [-0.25, -0.2) is 13.6 Å². The van der Waals surface area contributed by atoms with Crippen molar-refractivity contribution < 1.29 is 32.5 Å². The third kappa shape index (κ3) is 5.38. The highest BCUT2D eigenvalue weighted by molar-refractivity contribution is 5.94. The second-order valence-corrected chi connectivity index (χ2v) is 7.99. The molecule has 0 unspecified atom stereocenters. The molecule has 2 aromatic carbocycles. The first-order valence-corrected chi connectivity index (χ1v) is 11.4. The quantitative estimate of drug-likeness (QED) is 0.323. The largest absolute Gasteiger partial charge is 0.501 e. The maximum atomic E-state index is 14.4. The normalized spacial score (nSPS) is 12.6. The SMILES string of the molecule is CCCOC(=O)c1cc(-c2ccc(F)cc2F)ccc1Oc1ccnc2c1C=C(OC)CC(OC)=C2. The average Bonchev–Trinajstić information content (AvgIpc) is 3.07. The molecule has 0 saturated carbocycles. The van der Waals surface area contributed by atoms with Gasteiger partial charge in [0.1, 0.15) is 40.2 Å². The van der Waals surface area contributed by atoms with E-state index in [0.29, 0.717) is 46.9 Å². The van der Waals surface area contributed by atoms with Crippen molar-refractivity contribution in [3.63, 3.8) is 0 Å². The van der Waals surface area contributed by atoms with Gasteiger partial charge < -0.3 is 18.9 Å². The van der Waals surface area contributed by atoms with Gasteiger partial charge in [-0.3, -0.25) is 4.98 Å². The monoisotopic (exact) mass is 493 g/mol. The Bertz CT molecular complexity index is 1350. The highest BCUT2D eigenvalue weighted by Crippen LogP contribution is 2.36. The smallest absolute Gasteiger partial charge is 0.341 e. The molecule has 0 N–H and O–H groups in total. The van der Waals surface area contributed by atoms with Crippen molar-refractivity contribution in [3.8, 4) is 22.6 Å². The van der Waals surface area contributed by atoms with Crippen LogP contribution in [0.15, 0.2) is 60.2 Å². The fraction of sp³-hybridized carbons (Fsp3) is 0.214. The molecule has 0 saturated heterocycles. The lowest BCUT2D eigenvalue weighted by molar-refractivity contribution is 0.0502. The second kappa shape index (κ2) is 11.0. The van der Waals surface area contributed by atoms with Gasteiger partial charge >= 0.3 is 5.97 Å². The molecule has 1 aliphatic carbocycles. The van der Waals surface area contributed by atoms with Crippen LogP contribution in [0.25, 0.3) is 23.3 Å². The number of methoxy groups -OCH3 is 2. The lowest BCUT2D eigenvalue weighted by atomic mass is 10.0. The minimum Gasteiger partial charge on any atom is -0.501 e. The molecule has 8 heteroatoms. The molecule has 6 nitrogen and oxygen atoms in total. The molecular formula is C28H25F2NO5. The minimum absolute atomic E-state index is 0.105. The van der Waals surface area contributed by atoms with E-state index in [1.165, 1.54) is 12.1 Å². The van der Waals surface area contributed by atoms with Crippen molar-refractivity contribution in [2.45, 2.75) is 19.8 Å². The van der Waals surface area contributed by atoms with Crippen molar-refractivity contribution in [1.82, 2.24) is 4.98 Å². The molecule has 0 fully saturated rings. The summed E-state index contributed by atoms with van der Waals surface area (Å²) in [5.74, 6) is -0.103. The van der Waals surface area contributed by atoms with Gasteiger partial charge in [-0.2, -0.15) is 0 Å². The van der Waals surface area contributed by atoms with Gasteiger partial charge in [-0.15, -0.1) is 0 Å². The topological polar surface area (TPSA) is 66.9 Å². The Morgan fingerprint density at radius 3 is 2.47 bits per heavy atom. The van der Waals surface area contributed by atoms with Crippen molar-refractivity contribution in [3.05, 3.63) is 88.6 Å². The van der Waals surface area contributed by atoms with E-state index in [-0.39, 0.29) is 23.5 Å². The van der Waals surface area contributed by atoms with Crippen LogP contribution in [-0.2, 0) is 14.2 Å². The summed E-state index contributed by atoms with van der Waals surface area (Å²) in [6.45, 7) is 2.09. The lowest BCUT2D eigenvalue weighted by Crippen LogP contribution is -2.08. The summed E-state index contributed by atoms with van der Waals surface area (Å²) < 4.78 is 50.3. The van der Waals surface area contributed by atoms with E-state index < -0.39 is 17.6 Å². The van der Waals surface area contributed by atoms with Crippen LogP contribution in [-0.4, -0.2) is 31.8 Å². The summed E-state index contributed by atoms with van der Waals surface area (Å²) in [6.07, 6.45) is 6.25. The molecule has 0 radical (unpaired) electrons. The van der Waals surface area contributed by atoms with Crippen LogP contribution >= 0.6 is 0 Å². The molecule has 0 amide bonds. The number of pyridine rings is 1. The molecule has 3 aromatic rings. The highest BCUT2D eigenvalue weighted by Gasteiger charge is 2.21. The molecule has 0 atom stereocenters. The summed E-state index contributed by atoms with van der Waals surface area (Å²) in [5.41, 5.74) is 1.88. The predicted octanol–water partition coefficient (Wildman–Crippen LogP) is 6.76. The van der Waals surface area contributed by atoms with E-state index in [1.807, 2.05) is 6.92 Å². The molecule has 1 aromatic heterocycles. The molecule has 1 aliphatic rings. The van der Waals surface area contributed by atoms with Gasteiger partial charge in [0, 0.05) is 29.5 Å². The first-order chi connectivity index (χ1) is 17.4. The first-order valence-electron chi connectivity index (χ1n) is 11.4. The van der Waals surface area contributed by atoms with Gasteiger partial charge in [0.25, 0.3) is 0 Å². The molecular weight excluding hydrogens is 468 g/mol. The fourth-order valence-electron chi connectivity index (χ4n) is 3.73. The Balaban J connectivity index is 1.79. The Kier molecular flexibility index (Phi) is 7.63. The maximum Gasteiger partial charge on any atom is 0.341 e. The second-order valence-electron chi connectivity index (χ2n) is 7.99. The van der Waals surface area contributed by atoms with Crippen LogP contribution in [0, 0.1) is 11.6 Å². The van der Waals surface area contributed by atoms with Gasteiger partial charge in [0.05, 0.1) is 32.9 Å². The number of hydrogen-bond acceptors (Lipinski definition) is 6. The summed E-state index contributed by atoms with van der Waals surface area (Å²) >= 11 is 0. The number of aromatic nitrogens is 1. The van der Waals surface area contributed by atoms with Crippen molar-refractivity contribution in [1.29, 1.82) is 0 Å². The summed E-state index contributed by atoms with van der Waals surface area (Å²) in [4.78, 5) is 17.4. The Hall–Kier alpha value is -4.20. The minimum atomic E-state index is -0.742. The number of hydrogen-bond donors (Lipinski definition) is 0. The molecule has 1 heterocycles. The van der Waals surface area contributed by atoms with E-state index in [0.717, 1.165) is 12.1 Å². The Morgan fingerprint density at radius 2 is 1.75 bits per heavy atom. The number of carbonyl (C=O) groups is 1. The van der Waals surface area contributed by atoms with Crippen LogP contribution in [0.5, 0.6) is 11.5 Å². The third-order valence-electron chi connectivity index (χ3n) is 5.56. The number of carbonyl (C=O) groups excluding carboxylic acids is 1. The van der Waals surface area contributed by atoms with Crippen molar-refractivity contribution in [2.24, 2.45) is 0 Å². The Morgan fingerprint density at radius 1 is 0.972 bits per heavy atom. The molecule has 36 heavy (non-hydrogen) atoms. The van der Waals surface area contributed by atoms with E-state index >= 15 is 0 Å². The van der Waals surface area contributed by atoms with Crippen LogP contribution in [0.3, 0.4) is 0 Å². The Labute approximate surface area is 207 Å².